The normalized spacial score (nSPS) is 11.1. The summed E-state index contributed by atoms with van der Waals surface area (Å²) in [5.41, 5.74) is 6.98. The number of nitrogens with two attached hydrogens (primary N) is 1. The van der Waals surface area contributed by atoms with Gasteiger partial charge >= 0.3 is 0 Å². The summed E-state index contributed by atoms with van der Waals surface area (Å²) in [5, 5.41) is 3.31. The minimum absolute atomic E-state index is 0.192. The van der Waals surface area contributed by atoms with Gasteiger partial charge in [-0.3, -0.25) is 9.89 Å². The first-order valence-corrected chi connectivity index (χ1v) is 7.10. The van der Waals surface area contributed by atoms with E-state index in [2.05, 4.69) is 15.1 Å². The average Bonchev–Trinajstić information content (AvgIpc) is 2.89. The van der Waals surface area contributed by atoms with E-state index in [0.717, 1.165) is 4.90 Å². The number of hydrogen-bond donors (Lipinski definition) is 2. The number of anilines is 1. The SMILES string of the molecule is Nc1ccc(Cl)cc1SCc1cc(=O)n2[nH]cnc2n1. The zero-order valence-electron chi connectivity index (χ0n) is 10.2. The van der Waals surface area contributed by atoms with Gasteiger partial charge in [-0.1, -0.05) is 11.6 Å². The van der Waals surface area contributed by atoms with Gasteiger partial charge in [-0.15, -0.1) is 11.8 Å². The molecule has 0 aliphatic heterocycles. The van der Waals surface area contributed by atoms with Crippen molar-refractivity contribution < 1.29 is 0 Å². The van der Waals surface area contributed by atoms with Crippen LogP contribution in [0.5, 0.6) is 0 Å². The highest BCUT2D eigenvalue weighted by Crippen LogP contribution is 2.29. The number of H-pyrrole nitrogens is 1. The van der Waals surface area contributed by atoms with Crippen molar-refractivity contribution in [2.24, 2.45) is 0 Å². The van der Waals surface area contributed by atoms with Crippen LogP contribution in [0.15, 0.2) is 40.3 Å². The molecule has 3 rings (SSSR count). The van der Waals surface area contributed by atoms with Crippen LogP contribution in [-0.2, 0) is 5.75 Å². The van der Waals surface area contributed by atoms with E-state index in [1.54, 1.807) is 18.2 Å². The van der Waals surface area contributed by atoms with Gasteiger partial charge in [0.1, 0.15) is 6.33 Å². The number of hydrogen-bond acceptors (Lipinski definition) is 5. The first-order chi connectivity index (χ1) is 9.63. The van der Waals surface area contributed by atoms with E-state index in [1.165, 1.54) is 28.7 Å². The summed E-state index contributed by atoms with van der Waals surface area (Å²) in [6.07, 6.45) is 1.43. The Morgan fingerprint density at radius 2 is 2.25 bits per heavy atom. The van der Waals surface area contributed by atoms with Crippen LogP contribution in [0, 0.1) is 0 Å². The molecule has 8 heteroatoms. The van der Waals surface area contributed by atoms with Gasteiger partial charge in [-0.25, -0.2) is 9.97 Å². The molecule has 0 atom stereocenters. The topological polar surface area (TPSA) is 89.1 Å². The van der Waals surface area contributed by atoms with Crippen LogP contribution in [0.25, 0.3) is 5.78 Å². The molecule has 0 fully saturated rings. The summed E-state index contributed by atoms with van der Waals surface area (Å²) in [6, 6.07) is 6.76. The Labute approximate surface area is 123 Å². The molecule has 0 radical (unpaired) electrons. The van der Waals surface area contributed by atoms with Gasteiger partial charge < -0.3 is 5.73 Å². The third-order valence-corrected chi connectivity index (χ3v) is 4.01. The number of fused-ring (bicyclic) bond motifs is 1. The number of benzene rings is 1. The van der Waals surface area contributed by atoms with E-state index in [9.17, 15) is 4.79 Å². The lowest BCUT2D eigenvalue weighted by Gasteiger charge is -2.05. The van der Waals surface area contributed by atoms with E-state index >= 15 is 0 Å². The molecular weight excluding hydrogens is 298 g/mol. The maximum atomic E-state index is 11.8. The third-order valence-electron chi connectivity index (χ3n) is 2.67. The van der Waals surface area contributed by atoms with Gasteiger partial charge in [-0.05, 0) is 18.2 Å². The summed E-state index contributed by atoms with van der Waals surface area (Å²) in [7, 11) is 0. The Balaban J connectivity index is 1.86. The first kappa shape index (κ1) is 13.0. The van der Waals surface area contributed by atoms with Crippen molar-refractivity contribution in [2.75, 3.05) is 5.73 Å². The van der Waals surface area contributed by atoms with Gasteiger partial charge in [0.15, 0.2) is 0 Å². The highest BCUT2D eigenvalue weighted by atomic mass is 35.5. The van der Waals surface area contributed by atoms with Crippen LogP contribution in [0.4, 0.5) is 5.69 Å². The number of nitrogens with one attached hydrogen (secondary N) is 1. The highest BCUT2D eigenvalue weighted by molar-refractivity contribution is 7.98. The van der Waals surface area contributed by atoms with Gasteiger partial charge in [0, 0.05) is 27.4 Å². The van der Waals surface area contributed by atoms with Crippen LogP contribution in [0.2, 0.25) is 5.02 Å². The standard InChI is InChI=1S/C12H10ClN5OS/c13-7-1-2-9(14)10(3-7)20-5-8-4-11(19)18-12(17-8)15-6-16-18/h1-4,6H,5,14H2,(H,15,16,17). The van der Waals surface area contributed by atoms with E-state index in [-0.39, 0.29) is 5.56 Å². The lowest BCUT2D eigenvalue weighted by atomic mass is 10.3. The first-order valence-electron chi connectivity index (χ1n) is 5.73. The molecule has 0 bridgehead atoms. The minimum atomic E-state index is -0.192. The average molecular weight is 308 g/mol. The molecule has 2 aromatic heterocycles. The van der Waals surface area contributed by atoms with Gasteiger partial charge in [-0.2, -0.15) is 4.52 Å². The molecule has 0 aliphatic carbocycles. The molecule has 0 amide bonds. The number of nitrogens with zero attached hydrogens (tertiary/aromatic N) is 3. The number of rotatable bonds is 3. The fourth-order valence-corrected chi connectivity index (χ4v) is 2.86. The molecule has 2 heterocycles. The van der Waals surface area contributed by atoms with E-state index in [0.29, 0.717) is 27.9 Å². The fraction of sp³-hybridized carbons (Fsp3) is 0.0833. The number of aromatic nitrogens is 4. The van der Waals surface area contributed by atoms with Crippen LogP contribution < -0.4 is 11.3 Å². The van der Waals surface area contributed by atoms with E-state index < -0.39 is 0 Å². The molecule has 0 aliphatic rings. The van der Waals surface area contributed by atoms with Crippen molar-refractivity contribution in [3.8, 4) is 0 Å². The fourth-order valence-electron chi connectivity index (χ4n) is 1.73. The summed E-state index contributed by atoms with van der Waals surface area (Å²) in [4.78, 5) is 20.9. The van der Waals surface area contributed by atoms with Crippen LogP contribution in [0.1, 0.15) is 5.69 Å². The minimum Gasteiger partial charge on any atom is -0.398 e. The lowest BCUT2D eigenvalue weighted by Crippen LogP contribution is -2.15. The Kier molecular flexibility index (Phi) is 3.37. The maximum absolute atomic E-state index is 11.8. The molecule has 102 valence electrons. The Hall–Kier alpha value is -1.99. The number of nitrogen functional groups attached to an aromatic ring is 1. The lowest BCUT2D eigenvalue weighted by molar-refractivity contribution is 0.887. The molecule has 0 spiro atoms. The summed E-state index contributed by atoms with van der Waals surface area (Å²) >= 11 is 7.41. The van der Waals surface area contributed by atoms with Crippen molar-refractivity contribution in [1.82, 2.24) is 19.6 Å². The number of halogens is 1. The Morgan fingerprint density at radius 3 is 3.10 bits per heavy atom. The van der Waals surface area contributed by atoms with Gasteiger partial charge in [0.05, 0.1) is 5.69 Å². The number of aromatic amines is 1. The molecule has 6 nitrogen and oxygen atoms in total. The maximum Gasteiger partial charge on any atom is 0.274 e. The van der Waals surface area contributed by atoms with Gasteiger partial charge in [0.25, 0.3) is 11.3 Å². The summed E-state index contributed by atoms with van der Waals surface area (Å²) in [5.74, 6) is 0.871. The Morgan fingerprint density at radius 1 is 1.40 bits per heavy atom. The zero-order chi connectivity index (χ0) is 14.1. The van der Waals surface area contributed by atoms with Gasteiger partial charge in [0.2, 0.25) is 0 Å². The quantitative estimate of drug-likeness (QED) is 0.570. The smallest absolute Gasteiger partial charge is 0.274 e. The monoisotopic (exact) mass is 307 g/mol. The second-order valence-electron chi connectivity index (χ2n) is 4.08. The van der Waals surface area contributed by atoms with Crippen LogP contribution >= 0.6 is 23.4 Å². The molecule has 0 saturated heterocycles. The number of thioether (sulfide) groups is 1. The van der Waals surface area contributed by atoms with Crippen LogP contribution in [0.3, 0.4) is 0 Å². The van der Waals surface area contributed by atoms with Crippen molar-refractivity contribution in [2.45, 2.75) is 10.6 Å². The molecule has 1 aromatic carbocycles. The predicted octanol–water partition coefficient (Wildman–Crippen LogP) is 1.95. The molecule has 20 heavy (non-hydrogen) atoms. The molecule has 0 saturated carbocycles. The predicted molar refractivity (Wildman–Crippen MR) is 79.0 cm³/mol. The van der Waals surface area contributed by atoms with Crippen molar-refractivity contribution in [3.63, 3.8) is 0 Å². The molecule has 0 unspecified atom stereocenters. The van der Waals surface area contributed by atoms with Crippen molar-refractivity contribution in [1.29, 1.82) is 0 Å². The second kappa shape index (κ2) is 5.18. The zero-order valence-corrected chi connectivity index (χ0v) is 11.8. The largest absolute Gasteiger partial charge is 0.398 e. The van der Waals surface area contributed by atoms with Crippen molar-refractivity contribution >= 4 is 34.8 Å². The van der Waals surface area contributed by atoms with Crippen molar-refractivity contribution in [3.05, 3.63) is 51.7 Å². The van der Waals surface area contributed by atoms with E-state index in [1.807, 2.05) is 0 Å². The molecule has 3 N–H and O–H groups in total. The summed E-state index contributed by atoms with van der Waals surface area (Å²) in [6.45, 7) is 0. The summed E-state index contributed by atoms with van der Waals surface area (Å²) < 4.78 is 1.28. The highest BCUT2D eigenvalue weighted by Gasteiger charge is 2.06. The molecular formula is C12H10ClN5OS. The second-order valence-corrected chi connectivity index (χ2v) is 5.53. The third kappa shape index (κ3) is 2.50. The van der Waals surface area contributed by atoms with E-state index in [4.69, 9.17) is 17.3 Å². The molecule has 3 aromatic rings. The van der Waals surface area contributed by atoms with Crippen LogP contribution in [-0.4, -0.2) is 19.6 Å². The Bertz CT molecular complexity index is 828.